The zero-order valence-electron chi connectivity index (χ0n) is 11.4. The highest BCUT2D eigenvalue weighted by molar-refractivity contribution is 5.69. The van der Waals surface area contributed by atoms with Crippen LogP contribution in [0.5, 0.6) is 0 Å². The lowest BCUT2D eigenvalue weighted by Gasteiger charge is -2.29. The summed E-state index contributed by atoms with van der Waals surface area (Å²) in [5.74, 6) is 0.537. The Morgan fingerprint density at radius 3 is 2.89 bits per heavy atom. The second-order valence-corrected chi connectivity index (χ2v) is 4.68. The van der Waals surface area contributed by atoms with Crippen LogP contribution >= 0.6 is 0 Å². The van der Waals surface area contributed by atoms with Crippen LogP contribution in [-0.4, -0.2) is 30.7 Å². The van der Waals surface area contributed by atoms with Crippen LogP contribution in [0.1, 0.15) is 45.4 Å². The highest BCUT2D eigenvalue weighted by atomic mass is 16.5. The predicted molar refractivity (Wildman–Crippen MR) is 71.3 cm³/mol. The fraction of sp³-hybridized carbons (Fsp3) is 0.769. The molecule has 0 bridgehead atoms. The van der Waals surface area contributed by atoms with Gasteiger partial charge in [0.25, 0.3) is 0 Å². The van der Waals surface area contributed by atoms with Gasteiger partial charge in [-0.25, -0.2) is 0 Å². The van der Waals surface area contributed by atoms with Crippen molar-refractivity contribution in [2.45, 2.75) is 51.5 Å². The van der Waals surface area contributed by atoms with Gasteiger partial charge in [0.1, 0.15) is 5.82 Å². The Morgan fingerprint density at radius 2 is 2.33 bits per heavy atom. The minimum atomic E-state index is -0.171. The zero-order valence-corrected chi connectivity index (χ0v) is 11.4. The second-order valence-electron chi connectivity index (χ2n) is 4.68. The van der Waals surface area contributed by atoms with Gasteiger partial charge in [-0.3, -0.25) is 4.79 Å². The summed E-state index contributed by atoms with van der Waals surface area (Å²) in [6, 6.07) is 0.139. The Balaban J connectivity index is 2.46. The fourth-order valence-corrected chi connectivity index (χ4v) is 2.21. The van der Waals surface area contributed by atoms with Gasteiger partial charge in [0, 0.05) is 12.2 Å². The third-order valence-corrected chi connectivity index (χ3v) is 3.30. The van der Waals surface area contributed by atoms with Crippen molar-refractivity contribution in [3.05, 3.63) is 12.0 Å². The third kappa shape index (κ3) is 4.47. The number of carbonyl (C=O) groups is 1. The van der Waals surface area contributed by atoms with Crippen molar-refractivity contribution in [2.24, 2.45) is 5.73 Å². The molecule has 3 N–H and O–H groups in total. The molecule has 0 saturated heterocycles. The van der Waals surface area contributed by atoms with Gasteiger partial charge in [-0.2, -0.15) is 0 Å². The van der Waals surface area contributed by atoms with E-state index in [1.165, 1.54) is 26.4 Å². The van der Waals surface area contributed by atoms with Gasteiger partial charge >= 0.3 is 5.97 Å². The lowest BCUT2D eigenvalue weighted by Crippen LogP contribution is -2.38. The minimum Gasteiger partial charge on any atom is -0.469 e. The van der Waals surface area contributed by atoms with E-state index < -0.39 is 0 Å². The number of nitrogens with two attached hydrogens (primary N) is 1. The number of unbranched alkanes of at least 4 members (excludes halogenated alkanes) is 3. The first-order valence-corrected chi connectivity index (χ1v) is 6.71. The van der Waals surface area contributed by atoms with Gasteiger partial charge in [0.2, 0.25) is 0 Å². The van der Waals surface area contributed by atoms with Gasteiger partial charge in [-0.05, 0) is 6.42 Å². The number of ether oxygens (including phenoxy) is 1. The number of carbonyl (C=O) groups excluding carboxylic acids is 1. The van der Waals surface area contributed by atoms with E-state index in [2.05, 4.69) is 12.2 Å². The van der Waals surface area contributed by atoms with E-state index in [0.717, 1.165) is 12.8 Å². The normalized spacial score (nSPS) is 16.1. The number of methoxy groups -OCH3 is 1. The summed E-state index contributed by atoms with van der Waals surface area (Å²) in [5, 5.41) is 3.08. The topological polar surface area (TPSA) is 67.6 Å². The molecule has 0 spiro atoms. The van der Waals surface area contributed by atoms with Crippen LogP contribution in [0.25, 0.3) is 0 Å². The molecule has 0 aliphatic carbocycles. The Morgan fingerprint density at radius 1 is 1.56 bits per heavy atom. The van der Waals surface area contributed by atoms with Gasteiger partial charge in [0.05, 0.1) is 20.2 Å². The second kappa shape index (κ2) is 7.84. The molecule has 104 valence electrons. The van der Waals surface area contributed by atoms with Crippen molar-refractivity contribution in [1.29, 1.82) is 0 Å². The molecule has 0 aromatic rings. The van der Waals surface area contributed by atoms with Crippen LogP contribution < -0.4 is 11.1 Å². The molecule has 0 amide bonds. The molecule has 0 radical (unpaired) electrons. The van der Waals surface area contributed by atoms with E-state index in [1.807, 2.05) is 4.90 Å². The highest BCUT2D eigenvalue weighted by Crippen LogP contribution is 2.18. The molecule has 0 aromatic carbocycles. The van der Waals surface area contributed by atoms with E-state index in [1.54, 1.807) is 6.20 Å². The Bertz CT molecular complexity index is 292. The van der Waals surface area contributed by atoms with Crippen LogP contribution in [0.2, 0.25) is 0 Å². The van der Waals surface area contributed by atoms with Crippen molar-refractivity contribution >= 4 is 5.97 Å². The average Bonchev–Trinajstić information content (AvgIpc) is 2.79. The molecule has 0 aromatic heterocycles. The summed E-state index contributed by atoms with van der Waals surface area (Å²) in [6.07, 6.45) is 7.96. The first kappa shape index (κ1) is 14.7. The van der Waals surface area contributed by atoms with Crippen LogP contribution in [0.15, 0.2) is 12.0 Å². The number of hydrogen-bond donors (Lipinski definition) is 2. The van der Waals surface area contributed by atoms with E-state index in [4.69, 9.17) is 10.5 Å². The largest absolute Gasteiger partial charge is 0.469 e. The SMILES string of the molecule is CCCCCCC(CC(=O)OC)N1CNC=C1N. The molecule has 1 heterocycles. The number of hydrogen-bond acceptors (Lipinski definition) is 5. The Labute approximate surface area is 109 Å². The van der Waals surface area contributed by atoms with Gasteiger partial charge in [-0.1, -0.05) is 32.6 Å². The van der Waals surface area contributed by atoms with Gasteiger partial charge < -0.3 is 20.7 Å². The number of rotatable bonds is 8. The molecule has 5 heteroatoms. The highest BCUT2D eigenvalue weighted by Gasteiger charge is 2.24. The smallest absolute Gasteiger partial charge is 0.307 e. The minimum absolute atomic E-state index is 0.139. The number of esters is 1. The molecule has 0 saturated carbocycles. The maximum atomic E-state index is 11.4. The van der Waals surface area contributed by atoms with E-state index in [9.17, 15) is 4.79 Å². The van der Waals surface area contributed by atoms with Crippen molar-refractivity contribution in [3.63, 3.8) is 0 Å². The molecule has 0 fully saturated rings. The molecule has 18 heavy (non-hydrogen) atoms. The predicted octanol–water partition coefficient (Wildman–Crippen LogP) is 1.51. The Kier molecular flexibility index (Phi) is 6.39. The first-order valence-electron chi connectivity index (χ1n) is 6.71. The molecular formula is C13H25N3O2. The average molecular weight is 255 g/mol. The standard InChI is InChI=1S/C13H25N3O2/c1-3-4-5-6-7-11(8-13(17)18-2)16-10-15-9-12(16)14/h9,11,15H,3-8,10,14H2,1-2H3. The first-order chi connectivity index (χ1) is 8.69. The molecule has 1 unspecified atom stereocenters. The quantitative estimate of drug-likeness (QED) is 0.508. The molecular weight excluding hydrogens is 230 g/mol. The van der Waals surface area contributed by atoms with Crippen molar-refractivity contribution in [3.8, 4) is 0 Å². The summed E-state index contributed by atoms with van der Waals surface area (Å²) in [7, 11) is 1.43. The lowest BCUT2D eigenvalue weighted by molar-refractivity contribution is -0.141. The van der Waals surface area contributed by atoms with Gasteiger partial charge in [-0.15, -0.1) is 0 Å². The maximum Gasteiger partial charge on any atom is 0.307 e. The van der Waals surface area contributed by atoms with Crippen LogP contribution in [0.4, 0.5) is 0 Å². The lowest BCUT2D eigenvalue weighted by atomic mass is 10.0. The summed E-state index contributed by atoms with van der Waals surface area (Å²) in [4.78, 5) is 13.5. The monoisotopic (exact) mass is 255 g/mol. The molecule has 1 aliphatic rings. The summed E-state index contributed by atoms with van der Waals surface area (Å²) >= 11 is 0. The third-order valence-electron chi connectivity index (χ3n) is 3.30. The molecule has 5 nitrogen and oxygen atoms in total. The van der Waals surface area contributed by atoms with Crippen LogP contribution in [-0.2, 0) is 9.53 Å². The summed E-state index contributed by atoms with van der Waals surface area (Å²) in [5.41, 5.74) is 5.90. The number of nitrogens with zero attached hydrogens (tertiary/aromatic N) is 1. The van der Waals surface area contributed by atoms with Crippen molar-refractivity contribution in [1.82, 2.24) is 10.2 Å². The van der Waals surface area contributed by atoms with Gasteiger partial charge in [0.15, 0.2) is 0 Å². The molecule has 1 atom stereocenters. The number of nitrogens with one attached hydrogen (secondary N) is 1. The summed E-state index contributed by atoms with van der Waals surface area (Å²) < 4.78 is 4.76. The van der Waals surface area contributed by atoms with E-state index >= 15 is 0 Å². The Hall–Kier alpha value is -1.39. The molecule has 1 rings (SSSR count). The maximum absolute atomic E-state index is 11.4. The zero-order chi connectivity index (χ0) is 13.4. The van der Waals surface area contributed by atoms with Crippen LogP contribution in [0, 0.1) is 0 Å². The van der Waals surface area contributed by atoms with E-state index in [-0.39, 0.29) is 12.0 Å². The van der Waals surface area contributed by atoms with Crippen molar-refractivity contribution in [2.75, 3.05) is 13.8 Å². The molecule has 1 aliphatic heterocycles. The fourth-order valence-electron chi connectivity index (χ4n) is 2.21. The summed E-state index contributed by atoms with van der Waals surface area (Å²) in [6.45, 7) is 2.87. The van der Waals surface area contributed by atoms with Crippen LogP contribution in [0.3, 0.4) is 0 Å². The van der Waals surface area contributed by atoms with E-state index in [0.29, 0.717) is 18.9 Å². The van der Waals surface area contributed by atoms with Crippen molar-refractivity contribution < 1.29 is 9.53 Å².